The van der Waals surface area contributed by atoms with Crippen LogP contribution in [0.3, 0.4) is 0 Å². The molecule has 0 radical (unpaired) electrons. The molecule has 0 spiro atoms. The van der Waals surface area contributed by atoms with Crippen molar-refractivity contribution in [1.29, 1.82) is 0 Å². The zero-order valence-corrected chi connectivity index (χ0v) is 14.5. The van der Waals surface area contributed by atoms with Crippen LogP contribution in [0.25, 0.3) is 0 Å². The Balaban J connectivity index is 0.00000176. The first kappa shape index (κ1) is 17.7. The third kappa shape index (κ3) is 3.46. The topological polar surface area (TPSA) is 52.7 Å². The standard InChI is InChI=1S/C15H23N3O2S.ClH/c1-17(15-6-9-16-10-7-15)21(19,20)18-11-8-13-4-2-3-5-14(13)12-18;/h2-5,15-16H,6-12H2,1H3;1H. The lowest BCUT2D eigenvalue weighted by Crippen LogP contribution is -2.50. The van der Waals surface area contributed by atoms with E-state index in [0.717, 1.165) is 37.9 Å². The van der Waals surface area contributed by atoms with Crippen LogP contribution in [0.1, 0.15) is 24.0 Å². The maximum absolute atomic E-state index is 12.8. The second kappa shape index (κ2) is 7.27. The van der Waals surface area contributed by atoms with Gasteiger partial charge in [0.25, 0.3) is 10.2 Å². The van der Waals surface area contributed by atoms with Crippen molar-refractivity contribution in [2.24, 2.45) is 0 Å². The predicted molar refractivity (Wildman–Crippen MR) is 90.4 cm³/mol. The molecule has 124 valence electrons. The molecular weight excluding hydrogens is 322 g/mol. The molecule has 2 aliphatic rings. The van der Waals surface area contributed by atoms with Crippen LogP contribution in [0, 0.1) is 0 Å². The van der Waals surface area contributed by atoms with Crippen molar-refractivity contribution in [3.63, 3.8) is 0 Å². The summed E-state index contributed by atoms with van der Waals surface area (Å²) in [4.78, 5) is 0. The summed E-state index contributed by atoms with van der Waals surface area (Å²) in [6.07, 6.45) is 2.58. The first-order chi connectivity index (χ1) is 10.1. The molecule has 7 heteroatoms. The molecule has 0 saturated carbocycles. The number of fused-ring (bicyclic) bond motifs is 1. The summed E-state index contributed by atoms with van der Waals surface area (Å²) in [5, 5.41) is 3.28. The van der Waals surface area contributed by atoms with Crippen molar-refractivity contribution in [2.45, 2.75) is 31.8 Å². The Hall–Kier alpha value is -0.660. The first-order valence-corrected chi connectivity index (χ1v) is 8.99. The third-order valence-electron chi connectivity index (χ3n) is 4.61. The van der Waals surface area contributed by atoms with E-state index in [4.69, 9.17) is 0 Å². The highest BCUT2D eigenvalue weighted by Crippen LogP contribution is 2.24. The van der Waals surface area contributed by atoms with Gasteiger partial charge < -0.3 is 5.32 Å². The second-order valence-electron chi connectivity index (χ2n) is 5.86. The number of hydrogen-bond donors (Lipinski definition) is 1. The third-order valence-corrected chi connectivity index (χ3v) is 6.60. The van der Waals surface area contributed by atoms with Crippen molar-refractivity contribution in [1.82, 2.24) is 13.9 Å². The van der Waals surface area contributed by atoms with Gasteiger partial charge in [-0.05, 0) is 43.5 Å². The maximum atomic E-state index is 12.8. The summed E-state index contributed by atoms with van der Waals surface area (Å²) in [7, 11) is -1.64. The summed E-state index contributed by atoms with van der Waals surface area (Å²) in [6.45, 7) is 2.86. The summed E-state index contributed by atoms with van der Waals surface area (Å²) >= 11 is 0. The molecule has 1 fully saturated rings. The lowest BCUT2D eigenvalue weighted by molar-refractivity contribution is 0.266. The van der Waals surface area contributed by atoms with Gasteiger partial charge in [0.15, 0.2) is 0 Å². The Morgan fingerprint density at radius 1 is 1.18 bits per heavy atom. The summed E-state index contributed by atoms with van der Waals surface area (Å²) in [5.74, 6) is 0. The molecule has 5 nitrogen and oxygen atoms in total. The fraction of sp³-hybridized carbons (Fsp3) is 0.600. The number of nitrogens with one attached hydrogen (secondary N) is 1. The molecule has 2 aliphatic heterocycles. The van der Waals surface area contributed by atoms with Crippen LogP contribution >= 0.6 is 12.4 Å². The number of hydrogen-bond acceptors (Lipinski definition) is 3. The summed E-state index contributed by atoms with van der Waals surface area (Å²) in [5.41, 5.74) is 2.40. The summed E-state index contributed by atoms with van der Waals surface area (Å²) < 4.78 is 28.9. The fourth-order valence-electron chi connectivity index (χ4n) is 3.21. The Bertz CT molecular complexity index is 603. The number of rotatable bonds is 3. The fourth-order valence-corrected chi connectivity index (χ4v) is 4.78. The lowest BCUT2D eigenvalue weighted by Gasteiger charge is -2.36. The van der Waals surface area contributed by atoms with Gasteiger partial charge in [0.2, 0.25) is 0 Å². The Labute approximate surface area is 139 Å². The van der Waals surface area contributed by atoms with Gasteiger partial charge in [0, 0.05) is 26.2 Å². The minimum absolute atomic E-state index is 0. The monoisotopic (exact) mass is 345 g/mol. The average Bonchev–Trinajstić information content (AvgIpc) is 2.54. The minimum atomic E-state index is -3.37. The molecule has 1 aromatic carbocycles. The highest BCUT2D eigenvalue weighted by Gasteiger charge is 2.34. The van der Waals surface area contributed by atoms with E-state index in [1.165, 1.54) is 5.56 Å². The normalized spacial score (nSPS) is 20.5. The van der Waals surface area contributed by atoms with Gasteiger partial charge in [-0.1, -0.05) is 24.3 Å². The first-order valence-electron chi connectivity index (χ1n) is 7.59. The number of nitrogens with zero attached hydrogens (tertiary/aromatic N) is 2. The van der Waals surface area contributed by atoms with Crippen LogP contribution in [0.15, 0.2) is 24.3 Å². The average molecular weight is 346 g/mol. The summed E-state index contributed by atoms with van der Waals surface area (Å²) in [6, 6.07) is 8.24. The Morgan fingerprint density at radius 3 is 2.50 bits per heavy atom. The van der Waals surface area contributed by atoms with Crippen molar-refractivity contribution in [3.05, 3.63) is 35.4 Å². The van der Waals surface area contributed by atoms with Gasteiger partial charge in [-0.3, -0.25) is 0 Å². The zero-order valence-electron chi connectivity index (χ0n) is 12.9. The highest BCUT2D eigenvalue weighted by molar-refractivity contribution is 7.86. The molecule has 0 unspecified atom stereocenters. The van der Waals surface area contributed by atoms with Gasteiger partial charge >= 0.3 is 0 Å². The van der Waals surface area contributed by atoms with Gasteiger partial charge in [0.05, 0.1) is 0 Å². The smallest absolute Gasteiger partial charge is 0.282 e. The van der Waals surface area contributed by atoms with Gasteiger partial charge in [-0.15, -0.1) is 12.4 Å². The SMILES string of the molecule is CN(C1CCNCC1)S(=O)(=O)N1CCc2ccccc2C1.Cl. The number of benzene rings is 1. The molecule has 0 aromatic heterocycles. The van der Waals surface area contributed by atoms with Crippen LogP contribution < -0.4 is 5.32 Å². The molecule has 2 heterocycles. The van der Waals surface area contributed by atoms with E-state index in [1.807, 2.05) is 18.2 Å². The molecular formula is C15H24ClN3O2S. The van der Waals surface area contributed by atoms with E-state index >= 15 is 0 Å². The number of halogens is 1. The van der Waals surface area contributed by atoms with Gasteiger partial charge in [0.1, 0.15) is 0 Å². The van der Waals surface area contributed by atoms with Crippen LogP contribution in [0.4, 0.5) is 0 Å². The van der Waals surface area contributed by atoms with Crippen molar-refractivity contribution < 1.29 is 8.42 Å². The molecule has 3 rings (SSSR count). The maximum Gasteiger partial charge on any atom is 0.282 e. The van der Waals surface area contributed by atoms with Crippen LogP contribution in [0.2, 0.25) is 0 Å². The highest BCUT2D eigenvalue weighted by atomic mass is 35.5. The largest absolute Gasteiger partial charge is 0.317 e. The molecule has 0 atom stereocenters. The van der Waals surface area contributed by atoms with Gasteiger partial charge in [-0.25, -0.2) is 0 Å². The molecule has 22 heavy (non-hydrogen) atoms. The van der Waals surface area contributed by atoms with E-state index < -0.39 is 10.2 Å². The second-order valence-corrected chi connectivity index (χ2v) is 7.85. The lowest BCUT2D eigenvalue weighted by atomic mass is 10.0. The van der Waals surface area contributed by atoms with Crippen LogP contribution in [0.5, 0.6) is 0 Å². The molecule has 0 aliphatic carbocycles. The quantitative estimate of drug-likeness (QED) is 0.900. The Kier molecular flexibility index (Phi) is 5.85. The van der Waals surface area contributed by atoms with Crippen molar-refractivity contribution in [2.75, 3.05) is 26.7 Å². The molecule has 1 N–H and O–H groups in total. The molecule has 0 amide bonds. The minimum Gasteiger partial charge on any atom is -0.317 e. The van der Waals surface area contributed by atoms with E-state index in [0.29, 0.717) is 13.1 Å². The zero-order chi connectivity index (χ0) is 14.9. The van der Waals surface area contributed by atoms with Crippen molar-refractivity contribution in [3.8, 4) is 0 Å². The number of piperidine rings is 1. The molecule has 1 saturated heterocycles. The predicted octanol–water partition coefficient (Wildman–Crippen LogP) is 1.40. The molecule has 1 aromatic rings. The van der Waals surface area contributed by atoms with Gasteiger partial charge in [-0.2, -0.15) is 17.0 Å². The van der Waals surface area contributed by atoms with E-state index in [1.54, 1.807) is 15.7 Å². The van der Waals surface area contributed by atoms with Crippen molar-refractivity contribution >= 4 is 22.6 Å². The molecule has 0 bridgehead atoms. The van der Waals surface area contributed by atoms with E-state index in [-0.39, 0.29) is 18.4 Å². The van der Waals surface area contributed by atoms with E-state index in [9.17, 15) is 8.42 Å². The van der Waals surface area contributed by atoms with Crippen LogP contribution in [-0.4, -0.2) is 49.8 Å². The van der Waals surface area contributed by atoms with E-state index in [2.05, 4.69) is 11.4 Å². The van der Waals surface area contributed by atoms with Crippen LogP contribution in [-0.2, 0) is 23.2 Å². The Morgan fingerprint density at radius 2 is 1.82 bits per heavy atom.